The minimum atomic E-state index is 0.0401. The molecule has 0 saturated carbocycles. The highest BCUT2D eigenvalue weighted by molar-refractivity contribution is 7.13. The number of aromatic nitrogens is 1. The number of thiazole rings is 1. The normalized spacial score (nSPS) is 10.7. The lowest BCUT2D eigenvalue weighted by molar-refractivity contribution is -0.116. The summed E-state index contributed by atoms with van der Waals surface area (Å²) < 4.78 is 0. The second kappa shape index (κ2) is 7.35. The summed E-state index contributed by atoms with van der Waals surface area (Å²) in [4.78, 5) is 17.7. The summed E-state index contributed by atoms with van der Waals surface area (Å²) in [6.07, 6.45) is 4.59. The summed E-state index contributed by atoms with van der Waals surface area (Å²) in [6, 6.07) is 0. The molecular weight excluding hydrogens is 222 g/mol. The first-order valence-corrected chi connectivity index (χ1v) is 6.48. The molecule has 0 aliphatic heterocycles. The van der Waals surface area contributed by atoms with E-state index in [1.807, 2.05) is 12.4 Å². The van der Waals surface area contributed by atoms with E-state index in [1.165, 1.54) is 24.2 Å². The molecule has 0 aliphatic rings. The van der Waals surface area contributed by atoms with Crippen molar-refractivity contribution in [3.63, 3.8) is 0 Å². The molecule has 0 aromatic carbocycles. The van der Waals surface area contributed by atoms with Gasteiger partial charge in [0.05, 0.1) is 0 Å². The zero-order chi connectivity index (χ0) is 11.8. The number of carbonyl (C=O) groups is 1. The van der Waals surface area contributed by atoms with Crippen LogP contribution in [0.25, 0.3) is 0 Å². The van der Waals surface area contributed by atoms with Crippen molar-refractivity contribution in [1.82, 2.24) is 9.88 Å². The lowest BCUT2D eigenvalue weighted by atomic mass is 10.3. The molecule has 4 nitrogen and oxygen atoms in total. The summed E-state index contributed by atoms with van der Waals surface area (Å²) in [5.41, 5.74) is 0. The number of hydrogen-bond donors (Lipinski definition) is 1. The average molecular weight is 241 g/mol. The zero-order valence-corrected chi connectivity index (χ0v) is 10.7. The molecule has 90 valence electrons. The minimum Gasteiger partial charge on any atom is -0.306 e. The van der Waals surface area contributed by atoms with Gasteiger partial charge in [-0.3, -0.25) is 4.79 Å². The molecule has 0 fully saturated rings. The average Bonchev–Trinajstić information content (AvgIpc) is 2.76. The fourth-order valence-electron chi connectivity index (χ4n) is 1.30. The Morgan fingerprint density at radius 1 is 1.56 bits per heavy atom. The number of nitrogens with one attached hydrogen (secondary N) is 1. The Balaban J connectivity index is 2.15. The van der Waals surface area contributed by atoms with Gasteiger partial charge >= 0.3 is 0 Å². The molecule has 1 aromatic rings. The van der Waals surface area contributed by atoms with Gasteiger partial charge < -0.3 is 10.2 Å². The van der Waals surface area contributed by atoms with E-state index in [2.05, 4.69) is 22.1 Å². The molecule has 1 amide bonds. The Labute approximate surface area is 101 Å². The number of unbranched alkanes of at least 4 members (excludes halogenated alkanes) is 1. The van der Waals surface area contributed by atoms with E-state index in [4.69, 9.17) is 0 Å². The topological polar surface area (TPSA) is 45.2 Å². The van der Waals surface area contributed by atoms with Crippen molar-refractivity contribution in [3.8, 4) is 0 Å². The minimum absolute atomic E-state index is 0.0401. The van der Waals surface area contributed by atoms with Crippen LogP contribution in [0.5, 0.6) is 0 Å². The van der Waals surface area contributed by atoms with E-state index in [0.29, 0.717) is 11.6 Å². The molecule has 1 aromatic heterocycles. The molecule has 1 heterocycles. The highest BCUT2D eigenvalue weighted by Crippen LogP contribution is 2.10. The van der Waals surface area contributed by atoms with Gasteiger partial charge in [0.25, 0.3) is 0 Å². The third kappa shape index (κ3) is 5.23. The number of rotatable bonds is 7. The van der Waals surface area contributed by atoms with Crippen LogP contribution in [0.3, 0.4) is 0 Å². The predicted molar refractivity (Wildman–Crippen MR) is 67.8 cm³/mol. The van der Waals surface area contributed by atoms with E-state index >= 15 is 0 Å². The van der Waals surface area contributed by atoms with Crippen molar-refractivity contribution in [2.24, 2.45) is 0 Å². The smallest absolute Gasteiger partial charge is 0.227 e. The molecule has 0 saturated heterocycles. The number of carbonyl (C=O) groups excluding carboxylic acids is 1. The zero-order valence-electron chi connectivity index (χ0n) is 9.90. The molecule has 1 N–H and O–H groups in total. The van der Waals surface area contributed by atoms with Crippen molar-refractivity contribution < 1.29 is 4.79 Å². The van der Waals surface area contributed by atoms with Crippen LogP contribution in [0.4, 0.5) is 5.13 Å². The van der Waals surface area contributed by atoms with Gasteiger partial charge in [0.2, 0.25) is 5.91 Å². The van der Waals surface area contributed by atoms with Crippen LogP contribution in [0.1, 0.15) is 26.2 Å². The Kier molecular flexibility index (Phi) is 6.03. The van der Waals surface area contributed by atoms with Crippen molar-refractivity contribution in [2.45, 2.75) is 26.2 Å². The van der Waals surface area contributed by atoms with Crippen molar-refractivity contribution in [2.75, 3.05) is 25.5 Å². The first-order chi connectivity index (χ1) is 7.72. The maximum Gasteiger partial charge on any atom is 0.227 e. The second-order valence-corrected chi connectivity index (χ2v) is 4.69. The molecule has 0 bridgehead atoms. The maximum atomic E-state index is 11.5. The van der Waals surface area contributed by atoms with E-state index in [0.717, 1.165) is 13.1 Å². The highest BCUT2D eigenvalue weighted by atomic mass is 32.1. The van der Waals surface area contributed by atoms with E-state index in [-0.39, 0.29) is 5.91 Å². The van der Waals surface area contributed by atoms with Gasteiger partial charge in [-0.2, -0.15) is 0 Å². The third-order valence-corrected chi connectivity index (χ3v) is 2.98. The summed E-state index contributed by atoms with van der Waals surface area (Å²) in [5.74, 6) is 0.0401. The summed E-state index contributed by atoms with van der Waals surface area (Å²) in [7, 11) is 2.05. The van der Waals surface area contributed by atoms with Gasteiger partial charge in [-0.1, -0.05) is 13.3 Å². The third-order valence-electron chi connectivity index (χ3n) is 2.29. The van der Waals surface area contributed by atoms with Crippen LogP contribution >= 0.6 is 11.3 Å². The van der Waals surface area contributed by atoms with E-state index in [9.17, 15) is 4.79 Å². The Morgan fingerprint density at radius 3 is 3.00 bits per heavy atom. The fraction of sp³-hybridized carbons (Fsp3) is 0.636. The molecule has 0 unspecified atom stereocenters. The monoisotopic (exact) mass is 241 g/mol. The summed E-state index contributed by atoms with van der Waals surface area (Å²) >= 11 is 1.44. The fourth-order valence-corrected chi connectivity index (χ4v) is 1.84. The number of hydrogen-bond acceptors (Lipinski definition) is 4. The van der Waals surface area contributed by atoms with Crippen LogP contribution in [0.2, 0.25) is 0 Å². The standard InChI is InChI=1S/C11H19N3OS/c1-3-4-7-14(2)8-5-10(15)13-11-12-6-9-16-11/h6,9H,3-5,7-8H2,1-2H3,(H,12,13,15). The van der Waals surface area contributed by atoms with E-state index < -0.39 is 0 Å². The second-order valence-electron chi connectivity index (χ2n) is 3.79. The molecule has 0 atom stereocenters. The quantitative estimate of drug-likeness (QED) is 0.796. The highest BCUT2D eigenvalue weighted by Gasteiger charge is 2.05. The van der Waals surface area contributed by atoms with Crippen LogP contribution in [-0.4, -0.2) is 35.9 Å². The van der Waals surface area contributed by atoms with Gasteiger partial charge in [0, 0.05) is 24.5 Å². The van der Waals surface area contributed by atoms with E-state index in [1.54, 1.807) is 6.20 Å². The molecule has 0 spiro atoms. The Bertz CT molecular complexity index is 300. The number of anilines is 1. The van der Waals surface area contributed by atoms with Crippen LogP contribution in [-0.2, 0) is 4.79 Å². The molecule has 1 rings (SSSR count). The number of amides is 1. The van der Waals surface area contributed by atoms with Crippen molar-refractivity contribution in [1.29, 1.82) is 0 Å². The molecule has 0 radical (unpaired) electrons. The molecule has 5 heteroatoms. The molecule has 0 aliphatic carbocycles. The maximum absolute atomic E-state index is 11.5. The van der Waals surface area contributed by atoms with Gasteiger partial charge in [-0.05, 0) is 20.0 Å². The molecular formula is C11H19N3OS. The first kappa shape index (κ1) is 13.1. The first-order valence-electron chi connectivity index (χ1n) is 5.60. The Hall–Kier alpha value is -0.940. The largest absolute Gasteiger partial charge is 0.306 e. The lowest BCUT2D eigenvalue weighted by Crippen LogP contribution is -2.25. The Morgan fingerprint density at radius 2 is 2.38 bits per heavy atom. The van der Waals surface area contributed by atoms with Gasteiger partial charge in [0.1, 0.15) is 0 Å². The van der Waals surface area contributed by atoms with Crippen molar-refractivity contribution in [3.05, 3.63) is 11.6 Å². The van der Waals surface area contributed by atoms with Crippen LogP contribution in [0.15, 0.2) is 11.6 Å². The lowest BCUT2D eigenvalue weighted by Gasteiger charge is -2.15. The summed E-state index contributed by atoms with van der Waals surface area (Å²) in [6.45, 7) is 4.03. The predicted octanol–water partition coefficient (Wildman–Crippen LogP) is 2.20. The van der Waals surface area contributed by atoms with Crippen molar-refractivity contribution >= 4 is 22.4 Å². The molecule has 16 heavy (non-hydrogen) atoms. The van der Waals surface area contributed by atoms with Gasteiger partial charge in [-0.25, -0.2) is 4.98 Å². The summed E-state index contributed by atoms with van der Waals surface area (Å²) in [5, 5.41) is 5.31. The number of nitrogens with zero attached hydrogens (tertiary/aromatic N) is 2. The van der Waals surface area contributed by atoms with Crippen LogP contribution < -0.4 is 5.32 Å². The SMILES string of the molecule is CCCCN(C)CCC(=O)Nc1nccs1. The van der Waals surface area contributed by atoms with Crippen LogP contribution in [0, 0.1) is 0 Å². The van der Waals surface area contributed by atoms with Gasteiger partial charge in [0.15, 0.2) is 5.13 Å². The van der Waals surface area contributed by atoms with Gasteiger partial charge in [-0.15, -0.1) is 11.3 Å².